The van der Waals surface area contributed by atoms with Crippen molar-refractivity contribution < 1.29 is 0 Å². The highest BCUT2D eigenvalue weighted by Crippen LogP contribution is 2.06. The summed E-state index contributed by atoms with van der Waals surface area (Å²) >= 11 is 2.00. The predicted octanol–water partition coefficient (Wildman–Crippen LogP) is 2.91. The maximum atomic E-state index is 4.41. The van der Waals surface area contributed by atoms with Gasteiger partial charge in [-0.3, -0.25) is 0 Å². The summed E-state index contributed by atoms with van der Waals surface area (Å²) in [7, 11) is 0. The summed E-state index contributed by atoms with van der Waals surface area (Å²) in [5.74, 6) is 3.59. The van der Waals surface area contributed by atoms with Crippen LogP contribution >= 0.6 is 11.8 Å². The highest BCUT2D eigenvalue weighted by molar-refractivity contribution is 7.99. The number of nitrogens with one attached hydrogen (secondary N) is 1. The Morgan fingerprint density at radius 1 is 1.41 bits per heavy atom. The fourth-order valence-corrected chi connectivity index (χ4v) is 2.16. The van der Waals surface area contributed by atoms with Gasteiger partial charge in [0.15, 0.2) is 0 Å². The summed E-state index contributed by atoms with van der Waals surface area (Å²) in [6.45, 7) is 10.7. The van der Waals surface area contributed by atoms with E-state index in [-0.39, 0.29) is 5.54 Å². The summed E-state index contributed by atoms with van der Waals surface area (Å²) < 4.78 is 2.26. The van der Waals surface area contributed by atoms with Crippen molar-refractivity contribution in [2.24, 2.45) is 0 Å². The highest BCUT2D eigenvalue weighted by atomic mass is 32.2. The SMILES string of the molecule is CCSCCCn1ccnc1CNC(C)(C)C. The molecule has 0 amide bonds. The van der Waals surface area contributed by atoms with Crippen molar-refractivity contribution in [2.75, 3.05) is 11.5 Å². The number of rotatable bonds is 7. The van der Waals surface area contributed by atoms with Crippen LogP contribution in [-0.2, 0) is 13.1 Å². The maximum Gasteiger partial charge on any atom is 0.122 e. The molecule has 0 aliphatic carbocycles. The van der Waals surface area contributed by atoms with E-state index in [2.05, 4.69) is 48.8 Å². The van der Waals surface area contributed by atoms with Gasteiger partial charge in [-0.05, 0) is 38.7 Å². The first-order valence-electron chi connectivity index (χ1n) is 6.35. The number of aryl methyl sites for hydroxylation is 1. The Hall–Kier alpha value is -0.480. The molecule has 1 aromatic heterocycles. The Bertz CT molecular complexity index is 315. The third kappa shape index (κ3) is 6.13. The molecule has 0 radical (unpaired) electrons. The Labute approximate surface area is 109 Å². The first-order chi connectivity index (χ1) is 8.03. The van der Waals surface area contributed by atoms with Gasteiger partial charge >= 0.3 is 0 Å². The average molecular weight is 255 g/mol. The molecule has 0 unspecified atom stereocenters. The third-order valence-electron chi connectivity index (χ3n) is 2.47. The molecule has 0 bridgehead atoms. The van der Waals surface area contributed by atoms with Gasteiger partial charge in [0.1, 0.15) is 5.82 Å². The summed E-state index contributed by atoms with van der Waals surface area (Å²) in [6, 6.07) is 0. The lowest BCUT2D eigenvalue weighted by Crippen LogP contribution is -2.35. The average Bonchev–Trinajstić information content (AvgIpc) is 2.68. The number of hydrogen-bond acceptors (Lipinski definition) is 3. The van der Waals surface area contributed by atoms with Gasteiger partial charge in [-0.15, -0.1) is 0 Å². The van der Waals surface area contributed by atoms with Crippen LogP contribution in [0.1, 0.15) is 39.9 Å². The van der Waals surface area contributed by atoms with Crippen molar-refractivity contribution in [1.29, 1.82) is 0 Å². The van der Waals surface area contributed by atoms with Crippen molar-refractivity contribution in [3.05, 3.63) is 18.2 Å². The van der Waals surface area contributed by atoms with Crippen LogP contribution in [0.25, 0.3) is 0 Å². The molecule has 0 fully saturated rings. The van der Waals surface area contributed by atoms with Crippen LogP contribution in [0.4, 0.5) is 0 Å². The standard InChI is InChI=1S/C13H25N3S/c1-5-17-10-6-8-16-9-7-14-12(16)11-15-13(2,3)4/h7,9,15H,5-6,8,10-11H2,1-4H3. The zero-order chi connectivity index (χ0) is 12.7. The Kier molecular flexibility index (Phi) is 6.06. The predicted molar refractivity (Wildman–Crippen MR) is 76.4 cm³/mol. The second-order valence-electron chi connectivity index (χ2n) is 5.19. The number of imidazole rings is 1. The van der Waals surface area contributed by atoms with Crippen molar-refractivity contribution in [1.82, 2.24) is 14.9 Å². The van der Waals surface area contributed by atoms with E-state index in [1.54, 1.807) is 0 Å². The molecule has 1 N–H and O–H groups in total. The molecule has 3 nitrogen and oxygen atoms in total. The van der Waals surface area contributed by atoms with Gasteiger partial charge in [-0.25, -0.2) is 4.98 Å². The fourth-order valence-electron chi connectivity index (χ4n) is 1.54. The largest absolute Gasteiger partial charge is 0.334 e. The van der Waals surface area contributed by atoms with Crippen LogP contribution in [0.2, 0.25) is 0 Å². The normalized spacial score (nSPS) is 12.0. The van der Waals surface area contributed by atoms with Crippen LogP contribution in [0.5, 0.6) is 0 Å². The molecular formula is C13H25N3S. The maximum absolute atomic E-state index is 4.41. The quantitative estimate of drug-likeness (QED) is 0.760. The zero-order valence-electron chi connectivity index (χ0n) is 11.5. The molecule has 1 rings (SSSR count). The minimum absolute atomic E-state index is 0.148. The number of aromatic nitrogens is 2. The molecule has 0 saturated carbocycles. The molecule has 0 aliphatic rings. The fraction of sp³-hybridized carbons (Fsp3) is 0.769. The van der Waals surface area contributed by atoms with E-state index in [0.717, 1.165) is 18.9 Å². The summed E-state index contributed by atoms with van der Waals surface area (Å²) in [5.41, 5.74) is 0.148. The van der Waals surface area contributed by atoms with E-state index in [9.17, 15) is 0 Å². The zero-order valence-corrected chi connectivity index (χ0v) is 12.3. The van der Waals surface area contributed by atoms with Crippen LogP contribution < -0.4 is 5.32 Å². The molecular weight excluding hydrogens is 230 g/mol. The lowest BCUT2D eigenvalue weighted by atomic mass is 10.1. The molecule has 0 saturated heterocycles. The molecule has 0 aromatic carbocycles. The molecule has 17 heavy (non-hydrogen) atoms. The lowest BCUT2D eigenvalue weighted by molar-refractivity contribution is 0.411. The third-order valence-corrected chi connectivity index (χ3v) is 3.46. The molecule has 98 valence electrons. The van der Waals surface area contributed by atoms with Gasteiger partial charge in [0, 0.05) is 24.5 Å². The smallest absolute Gasteiger partial charge is 0.122 e. The van der Waals surface area contributed by atoms with Crippen molar-refractivity contribution in [3.63, 3.8) is 0 Å². The van der Waals surface area contributed by atoms with Crippen LogP contribution in [0, 0.1) is 0 Å². The monoisotopic (exact) mass is 255 g/mol. The van der Waals surface area contributed by atoms with E-state index in [4.69, 9.17) is 0 Å². The number of nitrogens with zero attached hydrogens (tertiary/aromatic N) is 2. The molecule has 1 aromatic rings. The second-order valence-corrected chi connectivity index (χ2v) is 6.58. The van der Waals surface area contributed by atoms with Crippen molar-refractivity contribution >= 4 is 11.8 Å². The molecule has 0 spiro atoms. The Morgan fingerprint density at radius 3 is 2.82 bits per heavy atom. The van der Waals surface area contributed by atoms with Gasteiger partial charge in [0.25, 0.3) is 0 Å². The number of thioether (sulfide) groups is 1. The van der Waals surface area contributed by atoms with Gasteiger partial charge < -0.3 is 9.88 Å². The van der Waals surface area contributed by atoms with Crippen molar-refractivity contribution in [2.45, 2.75) is 52.7 Å². The van der Waals surface area contributed by atoms with Gasteiger partial charge in [-0.1, -0.05) is 6.92 Å². The van der Waals surface area contributed by atoms with Crippen LogP contribution in [0.15, 0.2) is 12.4 Å². The first kappa shape index (κ1) is 14.6. The molecule has 1 heterocycles. The van der Waals surface area contributed by atoms with Crippen molar-refractivity contribution in [3.8, 4) is 0 Å². The van der Waals surface area contributed by atoms with E-state index in [1.807, 2.05) is 18.0 Å². The molecule has 0 aliphatic heterocycles. The Balaban J connectivity index is 2.37. The van der Waals surface area contributed by atoms with Gasteiger partial charge in [-0.2, -0.15) is 11.8 Å². The van der Waals surface area contributed by atoms with Gasteiger partial charge in [0.2, 0.25) is 0 Å². The summed E-state index contributed by atoms with van der Waals surface area (Å²) in [5, 5.41) is 3.48. The van der Waals surface area contributed by atoms with E-state index in [0.29, 0.717) is 0 Å². The van der Waals surface area contributed by atoms with E-state index in [1.165, 1.54) is 17.9 Å². The number of hydrogen-bond donors (Lipinski definition) is 1. The second kappa shape index (κ2) is 7.07. The van der Waals surface area contributed by atoms with Crippen LogP contribution in [-0.4, -0.2) is 26.6 Å². The summed E-state index contributed by atoms with van der Waals surface area (Å²) in [6.07, 6.45) is 5.19. The molecule has 4 heteroatoms. The molecule has 0 atom stereocenters. The van der Waals surface area contributed by atoms with E-state index >= 15 is 0 Å². The van der Waals surface area contributed by atoms with E-state index < -0.39 is 0 Å². The van der Waals surface area contributed by atoms with Crippen LogP contribution in [0.3, 0.4) is 0 Å². The van der Waals surface area contributed by atoms with Gasteiger partial charge in [0.05, 0.1) is 6.54 Å². The summed E-state index contributed by atoms with van der Waals surface area (Å²) in [4.78, 5) is 4.41. The highest BCUT2D eigenvalue weighted by Gasteiger charge is 2.10. The Morgan fingerprint density at radius 2 is 2.18 bits per heavy atom. The minimum Gasteiger partial charge on any atom is -0.334 e. The minimum atomic E-state index is 0.148. The topological polar surface area (TPSA) is 29.9 Å². The lowest BCUT2D eigenvalue weighted by Gasteiger charge is -2.20. The first-order valence-corrected chi connectivity index (χ1v) is 7.51.